The minimum absolute atomic E-state index is 0.0904. The fraction of sp³-hybridized carbons (Fsp3) is 0.133. The summed E-state index contributed by atoms with van der Waals surface area (Å²) in [6.07, 6.45) is 2.79. The van der Waals surface area contributed by atoms with E-state index in [9.17, 15) is 18.4 Å². The number of rotatable bonds is 6. The van der Waals surface area contributed by atoms with Gasteiger partial charge in [0.15, 0.2) is 0 Å². The maximum atomic E-state index is 13.4. The number of hydrogen-bond acceptors (Lipinski definition) is 4. The van der Waals surface area contributed by atoms with E-state index in [4.69, 9.17) is 5.73 Å². The smallest absolute Gasteiger partial charge is 0.257 e. The number of nitrogens with two attached hydrogens (primary N) is 1. The zero-order valence-electron chi connectivity index (χ0n) is 12.0. The number of pyridine rings is 1. The van der Waals surface area contributed by atoms with Crippen molar-refractivity contribution in [2.45, 2.75) is 0 Å². The molecule has 0 saturated carbocycles. The minimum atomic E-state index is -0.930. The predicted molar refractivity (Wildman–Crippen MR) is 79.9 cm³/mol. The maximum Gasteiger partial charge on any atom is 0.257 e. The average Bonchev–Trinajstić information content (AvgIpc) is 2.51. The molecule has 1 aromatic heterocycles. The average molecular weight is 320 g/mol. The lowest BCUT2D eigenvalue weighted by Crippen LogP contribution is -2.30. The molecule has 0 spiro atoms. The fourth-order valence-corrected chi connectivity index (χ4v) is 1.92. The summed E-state index contributed by atoms with van der Waals surface area (Å²) in [5.74, 6) is -3.36. The topological polar surface area (TPSA) is 97.1 Å². The standard InChI is InChI=1S/C15H14F2N4O2/c16-10-2-1-3-11(17)13(10)15(23)21-7-6-20-12-4-5-19-8-9(12)14(18)22/h1-5,8H,6-7H2,(H2,18,22)(H,19,20)(H,21,23). The number of nitrogens with one attached hydrogen (secondary N) is 2. The Balaban J connectivity index is 1.91. The zero-order chi connectivity index (χ0) is 16.8. The van der Waals surface area contributed by atoms with Crippen molar-refractivity contribution in [2.75, 3.05) is 18.4 Å². The molecule has 0 radical (unpaired) electrons. The first kappa shape index (κ1) is 16.3. The SMILES string of the molecule is NC(=O)c1cnccc1NCCNC(=O)c1c(F)cccc1F. The molecular formula is C15H14F2N4O2. The normalized spacial score (nSPS) is 10.2. The van der Waals surface area contributed by atoms with E-state index in [1.165, 1.54) is 18.5 Å². The second-order valence-electron chi connectivity index (χ2n) is 4.56. The van der Waals surface area contributed by atoms with E-state index in [1.54, 1.807) is 6.07 Å². The molecule has 2 amide bonds. The van der Waals surface area contributed by atoms with Gasteiger partial charge in [0.2, 0.25) is 0 Å². The largest absolute Gasteiger partial charge is 0.383 e. The first-order valence-electron chi connectivity index (χ1n) is 6.70. The highest BCUT2D eigenvalue weighted by atomic mass is 19.1. The molecule has 0 aliphatic rings. The molecule has 0 bridgehead atoms. The third-order valence-corrected chi connectivity index (χ3v) is 3.00. The molecule has 23 heavy (non-hydrogen) atoms. The molecule has 2 aromatic rings. The summed E-state index contributed by atoms with van der Waals surface area (Å²) in [7, 11) is 0. The number of anilines is 1. The second-order valence-corrected chi connectivity index (χ2v) is 4.56. The number of benzene rings is 1. The van der Waals surface area contributed by atoms with Crippen molar-refractivity contribution in [3.8, 4) is 0 Å². The highest BCUT2D eigenvalue weighted by Gasteiger charge is 2.16. The van der Waals surface area contributed by atoms with Crippen molar-refractivity contribution in [1.82, 2.24) is 10.3 Å². The molecule has 2 rings (SSSR count). The van der Waals surface area contributed by atoms with Gasteiger partial charge in [0.1, 0.15) is 17.2 Å². The number of primary amides is 1. The Morgan fingerprint density at radius 3 is 2.48 bits per heavy atom. The molecule has 0 fully saturated rings. The third kappa shape index (κ3) is 4.00. The van der Waals surface area contributed by atoms with Gasteiger partial charge in [-0.25, -0.2) is 8.78 Å². The van der Waals surface area contributed by atoms with Crippen LogP contribution in [0.3, 0.4) is 0 Å². The van der Waals surface area contributed by atoms with Crippen LogP contribution in [0.5, 0.6) is 0 Å². The van der Waals surface area contributed by atoms with Crippen molar-refractivity contribution in [3.63, 3.8) is 0 Å². The fourth-order valence-electron chi connectivity index (χ4n) is 1.92. The summed E-state index contributed by atoms with van der Waals surface area (Å²) >= 11 is 0. The quantitative estimate of drug-likeness (QED) is 0.699. The molecule has 8 heteroatoms. The van der Waals surface area contributed by atoms with Gasteiger partial charge in [0, 0.05) is 25.5 Å². The van der Waals surface area contributed by atoms with Crippen LogP contribution >= 0.6 is 0 Å². The molecule has 120 valence electrons. The molecule has 0 aliphatic heterocycles. The molecule has 1 heterocycles. The van der Waals surface area contributed by atoms with Crippen LogP contribution in [0.1, 0.15) is 20.7 Å². The Kier molecular flexibility index (Phi) is 5.19. The number of carbonyl (C=O) groups is 2. The van der Waals surface area contributed by atoms with E-state index in [0.717, 1.165) is 12.1 Å². The number of carbonyl (C=O) groups excluding carboxylic acids is 2. The number of hydrogen-bond donors (Lipinski definition) is 3. The van der Waals surface area contributed by atoms with Gasteiger partial charge in [0.05, 0.1) is 11.3 Å². The minimum Gasteiger partial charge on any atom is -0.383 e. The van der Waals surface area contributed by atoms with E-state index in [0.29, 0.717) is 5.69 Å². The van der Waals surface area contributed by atoms with Gasteiger partial charge in [-0.15, -0.1) is 0 Å². The Morgan fingerprint density at radius 2 is 1.83 bits per heavy atom. The summed E-state index contributed by atoms with van der Waals surface area (Å²) in [5, 5.41) is 5.27. The lowest BCUT2D eigenvalue weighted by Gasteiger charge is -2.10. The summed E-state index contributed by atoms with van der Waals surface area (Å²) in [5.41, 5.74) is 5.24. The predicted octanol–water partition coefficient (Wildman–Crippen LogP) is 1.30. The first-order valence-corrected chi connectivity index (χ1v) is 6.70. The number of halogens is 2. The maximum absolute atomic E-state index is 13.4. The lowest BCUT2D eigenvalue weighted by atomic mass is 10.2. The van der Waals surface area contributed by atoms with Crippen LogP contribution in [0, 0.1) is 11.6 Å². The molecule has 0 aliphatic carbocycles. The van der Waals surface area contributed by atoms with Gasteiger partial charge in [-0.1, -0.05) is 6.07 Å². The number of nitrogens with zero attached hydrogens (tertiary/aromatic N) is 1. The van der Waals surface area contributed by atoms with Crippen LogP contribution in [-0.4, -0.2) is 29.9 Å². The monoisotopic (exact) mass is 320 g/mol. The zero-order valence-corrected chi connectivity index (χ0v) is 12.0. The molecule has 0 atom stereocenters. The Labute approximate surface area is 130 Å². The third-order valence-electron chi connectivity index (χ3n) is 3.00. The lowest BCUT2D eigenvalue weighted by molar-refractivity contribution is 0.0945. The van der Waals surface area contributed by atoms with E-state index < -0.39 is 29.0 Å². The highest BCUT2D eigenvalue weighted by molar-refractivity contribution is 5.98. The van der Waals surface area contributed by atoms with Crippen LogP contribution in [0.2, 0.25) is 0 Å². The van der Waals surface area contributed by atoms with Gasteiger partial charge in [-0.3, -0.25) is 14.6 Å². The Morgan fingerprint density at radius 1 is 1.13 bits per heavy atom. The van der Waals surface area contributed by atoms with Gasteiger partial charge in [-0.05, 0) is 18.2 Å². The van der Waals surface area contributed by atoms with E-state index in [1.807, 2.05) is 0 Å². The van der Waals surface area contributed by atoms with Gasteiger partial charge in [0.25, 0.3) is 11.8 Å². The summed E-state index contributed by atoms with van der Waals surface area (Å²) < 4.78 is 26.9. The van der Waals surface area contributed by atoms with Crippen LogP contribution in [0.15, 0.2) is 36.7 Å². The van der Waals surface area contributed by atoms with E-state index in [-0.39, 0.29) is 18.7 Å². The van der Waals surface area contributed by atoms with Crippen molar-refractivity contribution >= 4 is 17.5 Å². The summed E-state index contributed by atoms with van der Waals surface area (Å²) in [4.78, 5) is 26.8. The molecule has 0 saturated heterocycles. The molecule has 4 N–H and O–H groups in total. The molecule has 6 nitrogen and oxygen atoms in total. The van der Waals surface area contributed by atoms with Crippen molar-refractivity contribution in [1.29, 1.82) is 0 Å². The van der Waals surface area contributed by atoms with Crippen molar-refractivity contribution < 1.29 is 18.4 Å². The van der Waals surface area contributed by atoms with Gasteiger partial charge in [-0.2, -0.15) is 0 Å². The van der Waals surface area contributed by atoms with E-state index in [2.05, 4.69) is 15.6 Å². The number of aromatic nitrogens is 1. The van der Waals surface area contributed by atoms with Crippen molar-refractivity contribution in [2.24, 2.45) is 5.73 Å². The Hall–Kier alpha value is -3.03. The first-order chi connectivity index (χ1) is 11.0. The van der Waals surface area contributed by atoms with Gasteiger partial charge >= 0.3 is 0 Å². The van der Waals surface area contributed by atoms with E-state index >= 15 is 0 Å². The van der Waals surface area contributed by atoms with Crippen molar-refractivity contribution in [3.05, 3.63) is 59.4 Å². The Bertz CT molecular complexity index is 717. The summed E-state index contributed by atoms with van der Waals surface area (Å²) in [6.45, 7) is 0.319. The van der Waals surface area contributed by atoms with Crippen LogP contribution in [0.25, 0.3) is 0 Å². The molecule has 1 aromatic carbocycles. The van der Waals surface area contributed by atoms with Crippen LogP contribution in [-0.2, 0) is 0 Å². The second kappa shape index (κ2) is 7.30. The molecular weight excluding hydrogens is 306 g/mol. The number of amides is 2. The van der Waals surface area contributed by atoms with Gasteiger partial charge < -0.3 is 16.4 Å². The summed E-state index contributed by atoms with van der Waals surface area (Å²) in [6, 6.07) is 4.74. The van der Waals surface area contributed by atoms with Crippen LogP contribution < -0.4 is 16.4 Å². The highest BCUT2D eigenvalue weighted by Crippen LogP contribution is 2.13. The van der Waals surface area contributed by atoms with Crippen LogP contribution in [0.4, 0.5) is 14.5 Å². The molecule has 0 unspecified atom stereocenters.